The molecule has 0 heterocycles. The van der Waals surface area contributed by atoms with Gasteiger partial charge in [0.15, 0.2) is 0 Å². The van der Waals surface area contributed by atoms with Crippen LogP contribution < -0.4 is 10.6 Å². The van der Waals surface area contributed by atoms with E-state index in [4.69, 9.17) is 4.74 Å². The SMILES string of the molecule is CCOCCCNCc1cccc(NC(=O)C(F)(F)F)c1. The third-order valence-electron chi connectivity index (χ3n) is 2.62. The Kier molecular flexibility index (Phi) is 7.18. The molecule has 0 saturated carbocycles. The van der Waals surface area contributed by atoms with Gasteiger partial charge in [-0.2, -0.15) is 13.2 Å². The first-order valence-electron chi connectivity index (χ1n) is 6.69. The fraction of sp³-hybridized carbons (Fsp3) is 0.500. The van der Waals surface area contributed by atoms with Crippen molar-refractivity contribution >= 4 is 11.6 Å². The first kappa shape index (κ1) is 17.5. The summed E-state index contributed by atoms with van der Waals surface area (Å²) >= 11 is 0. The minimum Gasteiger partial charge on any atom is -0.382 e. The predicted octanol–water partition coefficient (Wildman–Crippen LogP) is 2.70. The normalized spacial score (nSPS) is 11.4. The third-order valence-corrected chi connectivity index (χ3v) is 2.62. The highest BCUT2D eigenvalue weighted by atomic mass is 19.4. The van der Waals surface area contributed by atoms with Gasteiger partial charge in [-0.1, -0.05) is 12.1 Å². The molecular formula is C14H19F3N2O2. The Labute approximate surface area is 121 Å². The van der Waals surface area contributed by atoms with Crippen LogP contribution in [0, 0.1) is 0 Å². The molecule has 1 amide bonds. The Hall–Kier alpha value is -1.60. The molecule has 1 aromatic rings. The molecule has 2 N–H and O–H groups in total. The molecule has 1 aromatic carbocycles. The lowest BCUT2D eigenvalue weighted by molar-refractivity contribution is -0.167. The van der Waals surface area contributed by atoms with Crippen molar-refractivity contribution in [2.75, 3.05) is 25.1 Å². The summed E-state index contributed by atoms with van der Waals surface area (Å²) in [6.45, 7) is 4.54. The van der Waals surface area contributed by atoms with Crippen LogP contribution in [0.25, 0.3) is 0 Å². The topological polar surface area (TPSA) is 50.4 Å². The van der Waals surface area contributed by atoms with E-state index in [0.717, 1.165) is 18.5 Å². The van der Waals surface area contributed by atoms with Crippen molar-refractivity contribution in [1.29, 1.82) is 0 Å². The molecule has 21 heavy (non-hydrogen) atoms. The molecule has 0 spiro atoms. The van der Waals surface area contributed by atoms with Crippen LogP contribution in [0.4, 0.5) is 18.9 Å². The summed E-state index contributed by atoms with van der Waals surface area (Å²) in [5.41, 5.74) is 0.928. The molecule has 1 rings (SSSR count). The third kappa shape index (κ3) is 7.10. The van der Waals surface area contributed by atoms with Crippen molar-refractivity contribution in [1.82, 2.24) is 5.32 Å². The first-order chi connectivity index (χ1) is 9.93. The number of hydrogen-bond acceptors (Lipinski definition) is 3. The zero-order valence-corrected chi connectivity index (χ0v) is 11.8. The van der Waals surface area contributed by atoms with Gasteiger partial charge in [-0.15, -0.1) is 0 Å². The highest BCUT2D eigenvalue weighted by Gasteiger charge is 2.38. The van der Waals surface area contributed by atoms with Crippen LogP contribution in [-0.4, -0.2) is 31.8 Å². The molecular weight excluding hydrogens is 285 g/mol. The predicted molar refractivity (Wildman–Crippen MR) is 73.9 cm³/mol. The molecule has 0 unspecified atom stereocenters. The minimum absolute atomic E-state index is 0.131. The van der Waals surface area contributed by atoms with Gasteiger partial charge in [-0.05, 0) is 37.6 Å². The Balaban J connectivity index is 2.40. The molecule has 0 aliphatic heterocycles. The van der Waals surface area contributed by atoms with Gasteiger partial charge in [0.25, 0.3) is 0 Å². The molecule has 0 fully saturated rings. The molecule has 0 aromatic heterocycles. The number of anilines is 1. The lowest BCUT2D eigenvalue weighted by Crippen LogP contribution is -2.30. The maximum absolute atomic E-state index is 12.1. The number of carbonyl (C=O) groups excluding carboxylic acids is 1. The number of nitrogens with one attached hydrogen (secondary N) is 2. The van der Waals surface area contributed by atoms with E-state index in [-0.39, 0.29) is 5.69 Å². The summed E-state index contributed by atoms with van der Waals surface area (Å²) in [6, 6.07) is 6.31. The molecule has 118 valence electrons. The largest absolute Gasteiger partial charge is 0.471 e. The van der Waals surface area contributed by atoms with Crippen LogP contribution in [0.1, 0.15) is 18.9 Å². The van der Waals surface area contributed by atoms with Crippen LogP contribution >= 0.6 is 0 Å². The Morgan fingerprint density at radius 3 is 2.76 bits per heavy atom. The summed E-state index contributed by atoms with van der Waals surface area (Å²) in [5.74, 6) is -1.97. The lowest BCUT2D eigenvalue weighted by Gasteiger charge is -2.10. The van der Waals surface area contributed by atoms with Gasteiger partial charge in [0.2, 0.25) is 0 Å². The second-order valence-corrected chi connectivity index (χ2v) is 4.38. The average molecular weight is 304 g/mol. The monoisotopic (exact) mass is 304 g/mol. The molecule has 0 aliphatic carbocycles. The lowest BCUT2D eigenvalue weighted by atomic mass is 10.2. The zero-order chi connectivity index (χ0) is 15.7. The second kappa shape index (κ2) is 8.63. The van der Waals surface area contributed by atoms with Crippen LogP contribution in [-0.2, 0) is 16.1 Å². The minimum atomic E-state index is -4.88. The number of benzene rings is 1. The standard InChI is InChI=1S/C14H19F3N2O2/c1-2-21-8-4-7-18-10-11-5-3-6-12(9-11)19-13(20)14(15,16)17/h3,5-6,9,18H,2,4,7-8,10H2,1H3,(H,19,20). The van der Waals surface area contributed by atoms with Crippen molar-refractivity contribution in [2.45, 2.75) is 26.1 Å². The number of ether oxygens (including phenoxy) is 1. The molecule has 7 heteroatoms. The van der Waals surface area contributed by atoms with Crippen LogP contribution in [0.5, 0.6) is 0 Å². The fourth-order valence-electron chi connectivity index (χ4n) is 1.64. The van der Waals surface area contributed by atoms with E-state index in [1.165, 1.54) is 12.1 Å². The Morgan fingerprint density at radius 2 is 2.10 bits per heavy atom. The van der Waals surface area contributed by atoms with Gasteiger partial charge >= 0.3 is 12.1 Å². The number of hydrogen-bond donors (Lipinski definition) is 2. The van der Waals surface area contributed by atoms with Gasteiger partial charge in [0.05, 0.1) is 0 Å². The highest BCUT2D eigenvalue weighted by molar-refractivity contribution is 5.94. The van der Waals surface area contributed by atoms with Gasteiger partial charge in [-0.3, -0.25) is 4.79 Å². The van der Waals surface area contributed by atoms with E-state index in [2.05, 4.69) is 5.32 Å². The molecule has 4 nitrogen and oxygen atoms in total. The van der Waals surface area contributed by atoms with Gasteiger partial charge in [0, 0.05) is 25.4 Å². The molecule has 0 bridgehead atoms. The molecule has 0 radical (unpaired) electrons. The van der Waals surface area contributed by atoms with E-state index in [1.807, 2.05) is 12.2 Å². The van der Waals surface area contributed by atoms with E-state index in [1.54, 1.807) is 12.1 Å². The van der Waals surface area contributed by atoms with E-state index < -0.39 is 12.1 Å². The zero-order valence-electron chi connectivity index (χ0n) is 11.8. The molecule has 0 aliphatic rings. The number of halogens is 3. The van der Waals surface area contributed by atoms with Crippen LogP contribution in [0.15, 0.2) is 24.3 Å². The first-order valence-corrected chi connectivity index (χ1v) is 6.69. The van der Waals surface area contributed by atoms with Gasteiger partial charge in [-0.25, -0.2) is 0 Å². The second-order valence-electron chi connectivity index (χ2n) is 4.38. The smallest absolute Gasteiger partial charge is 0.382 e. The average Bonchev–Trinajstić information content (AvgIpc) is 2.42. The van der Waals surface area contributed by atoms with Crippen molar-refractivity contribution in [3.63, 3.8) is 0 Å². The van der Waals surface area contributed by atoms with Crippen molar-refractivity contribution in [3.05, 3.63) is 29.8 Å². The summed E-state index contributed by atoms with van der Waals surface area (Å²) in [4.78, 5) is 10.8. The number of amides is 1. The van der Waals surface area contributed by atoms with Gasteiger partial charge < -0.3 is 15.4 Å². The van der Waals surface area contributed by atoms with Gasteiger partial charge in [0.1, 0.15) is 0 Å². The Morgan fingerprint density at radius 1 is 1.33 bits per heavy atom. The maximum atomic E-state index is 12.1. The number of rotatable bonds is 8. The molecule has 0 saturated heterocycles. The summed E-state index contributed by atoms with van der Waals surface area (Å²) < 4.78 is 41.6. The van der Waals surface area contributed by atoms with Crippen LogP contribution in [0.3, 0.4) is 0 Å². The maximum Gasteiger partial charge on any atom is 0.471 e. The quantitative estimate of drug-likeness (QED) is 0.726. The van der Waals surface area contributed by atoms with E-state index in [9.17, 15) is 18.0 Å². The highest BCUT2D eigenvalue weighted by Crippen LogP contribution is 2.18. The van der Waals surface area contributed by atoms with Crippen molar-refractivity contribution < 1.29 is 22.7 Å². The summed E-state index contributed by atoms with van der Waals surface area (Å²) in [5, 5.41) is 4.99. The van der Waals surface area contributed by atoms with E-state index >= 15 is 0 Å². The number of carbonyl (C=O) groups is 1. The van der Waals surface area contributed by atoms with Crippen molar-refractivity contribution in [3.8, 4) is 0 Å². The number of alkyl halides is 3. The summed E-state index contributed by atoms with van der Waals surface area (Å²) in [6.07, 6.45) is -4.02. The fourth-order valence-corrected chi connectivity index (χ4v) is 1.64. The molecule has 0 atom stereocenters. The van der Waals surface area contributed by atoms with E-state index in [0.29, 0.717) is 19.8 Å². The van der Waals surface area contributed by atoms with Crippen LogP contribution in [0.2, 0.25) is 0 Å². The van der Waals surface area contributed by atoms with Crippen molar-refractivity contribution in [2.24, 2.45) is 0 Å². The summed E-state index contributed by atoms with van der Waals surface area (Å²) in [7, 11) is 0. The Bertz CT molecular complexity index is 450.